The number of benzene rings is 1. The molecule has 1 saturated heterocycles. The smallest absolute Gasteiger partial charge is 0.329 e. The number of carbonyl (C=O) groups is 2. The van der Waals surface area contributed by atoms with Gasteiger partial charge in [-0.15, -0.1) is 0 Å². The van der Waals surface area contributed by atoms with Gasteiger partial charge in [-0.2, -0.15) is 13.2 Å². The molecule has 2 heterocycles. The van der Waals surface area contributed by atoms with E-state index >= 15 is 0 Å². The van der Waals surface area contributed by atoms with Gasteiger partial charge in [-0.1, -0.05) is 45.4 Å². The predicted molar refractivity (Wildman–Crippen MR) is 129 cm³/mol. The van der Waals surface area contributed by atoms with Gasteiger partial charge in [0, 0.05) is 23.8 Å². The van der Waals surface area contributed by atoms with Crippen LogP contribution in [0.5, 0.6) is 0 Å². The van der Waals surface area contributed by atoms with Gasteiger partial charge in [-0.25, -0.2) is 0 Å². The van der Waals surface area contributed by atoms with Gasteiger partial charge in [0.25, 0.3) is 5.91 Å². The number of nitrogens with one attached hydrogen (secondary N) is 2. The maximum absolute atomic E-state index is 13.2. The minimum Gasteiger partial charge on any atom is -0.329 e. The maximum atomic E-state index is 13.2. The van der Waals surface area contributed by atoms with E-state index in [1.807, 2.05) is 12.1 Å². The van der Waals surface area contributed by atoms with Crippen LogP contribution in [-0.2, 0) is 17.8 Å². The van der Waals surface area contributed by atoms with Crippen molar-refractivity contribution >= 4 is 11.8 Å². The lowest BCUT2D eigenvalue weighted by Crippen LogP contribution is -2.49. The molecule has 4 rings (SSSR count). The van der Waals surface area contributed by atoms with Crippen molar-refractivity contribution in [3.05, 3.63) is 47.2 Å². The molecular weight excluding hydrogens is 455 g/mol. The normalized spacial score (nSPS) is 25.6. The Bertz CT molecular complexity index is 988. The van der Waals surface area contributed by atoms with Gasteiger partial charge in [0.1, 0.15) is 6.04 Å². The summed E-state index contributed by atoms with van der Waals surface area (Å²) in [5.41, 5.74) is 1.71. The summed E-state index contributed by atoms with van der Waals surface area (Å²) in [6.45, 7) is 7.09. The molecule has 2 aliphatic heterocycles. The van der Waals surface area contributed by atoms with Crippen LogP contribution in [0.3, 0.4) is 0 Å². The number of hydrogen-bond acceptors (Lipinski definition) is 3. The van der Waals surface area contributed by atoms with Gasteiger partial charge in [-0.3, -0.25) is 9.59 Å². The Hall–Kier alpha value is -2.35. The van der Waals surface area contributed by atoms with E-state index < -0.39 is 17.6 Å². The number of alkyl halides is 3. The molecule has 0 bridgehead atoms. The zero-order valence-electron chi connectivity index (χ0n) is 20.6. The third-order valence-corrected chi connectivity index (χ3v) is 8.03. The van der Waals surface area contributed by atoms with Crippen LogP contribution < -0.4 is 10.6 Å². The molecule has 8 heteroatoms. The van der Waals surface area contributed by atoms with Gasteiger partial charge in [0.2, 0.25) is 5.91 Å². The van der Waals surface area contributed by atoms with Crippen LogP contribution >= 0.6 is 0 Å². The largest absolute Gasteiger partial charge is 0.394 e. The maximum Gasteiger partial charge on any atom is 0.394 e. The Morgan fingerprint density at radius 3 is 2.60 bits per heavy atom. The minimum atomic E-state index is -4.21. The van der Waals surface area contributed by atoms with E-state index in [-0.39, 0.29) is 24.3 Å². The molecular formula is C27H36F3N3O2. The molecule has 0 aromatic heterocycles. The van der Waals surface area contributed by atoms with E-state index in [1.54, 1.807) is 4.90 Å². The minimum absolute atomic E-state index is 0.0542. The van der Waals surface area contributed by atoms with Crippen LogP contribution in [0.2, 0.25) is 0 Å². The molecule has 2 fully saturated rings. The summed E-state index contributed by atoms with van der Waals surface area (Å²) >= 11 is 0. The standard InChI is InChI=1S/C27H36F3N3O2/c1-17-8-11-23(24(34)32-17)33-16-20-15-18(9-10-21(20)25(33)35)14-19-6-4-5-7-22(19)31-13-12-26(2,3)27(28,29)30/h9-10,15,19,22-23,31H,1,4-8,11-14,16H2,2-3H3,(H,32,34)/t19-,22+,23?/m1/s1. The Labute approximate surface area is 205 Å². The fraction of sp³-hybridized carbons (Fsp3) is 0.630. The molecule has 3 atom stereocenters. The van der Waals surface area contributed by atoms with Crippen LogP contribution in [0, 0.1) is 11.3 Å². The van der Waals surface area contributed by atoms with Crippen molar-refractivity contribution in [1.82, 2.24) is 15.5 Å². The van der Waals surface area contributed by atoms with Crippen LogP contribution in [0.15, 0.2) is 30.5 Å². The van der Waals surface area contributed by atoms with Crippen molar-refractivity contribution in [2.24, 2.45) is 11.3 Å². The van der Waals surface area contributed by atoms with E-state index in [0.717, 1.165) is 43.2 Å². The summed E-state index contributed by atoms with van der Waals surface area (Å²) in [6, 6.07) is 5.64. The highest BCUT2D eigenvalue weighted by molar-refractivity contribution is 6.01. The number of fused-ring (bicyclic) bond motifs is 1. The second-order valence-electron chi connectivity index (χ2n) is 11.0. The fourth-order valence-corrected chi connectivity index (χ4v) is 5.57. The first-order valence-corrected chi connectivity index (χ1v) is 12.7. The third kappa shape index (κ3) is 5.57. The lowest BCUT2D eigenvalue weighted by atomic mass is 9.80. The van der Waals surface area contributed by atoms with Crippen molar-refractivity contribution in [3.8, 4) is 0 Å². The van der Waals surface area contributed by atoms with Crippen molar-refractivity contribution < 1.29 is 22.8 Å². The second kappa shape index (κ2) is 9.96. The lowest BCUT2D eigenvalue weighted by Gasteiger charge is -2.34. The number of halogens is 3. The number of carbonyl (C=O) groups excluding carboxylic acids is 2. The van der Waals surface area contributed by atoms with Crippen molar-refractivity contribution in [2.75, 3.05) is 6.54 Å². The monoisotopic (exact) mass is 491 g/mol. The van der Waals surface area contributed by atoms with Gasteiger partial charge in [-0.05, 0) is 68.2 Å². The second-order valence-corrected chi connectivity index (χ2v) is 11.0. The average molecular weight is 492 g/mol. The summed E-state index contributed by atoms with van der Waals surface area (Å²) in [7, 11) is 0. The molecule has 192 valence electrons. The number of rotatable bonds is 7. The van der Waals surface area contributed by atoms with E-state index in [2.05, 4.69) is 23.3 Å². The highest BCUT2D eigenvalue weighted by Gasteiger charge is 2.46. The molecule has 1 saturated carbocycles. The van der Waals surface area contributed by atoms with Gasteiger partial charge in [0.15, 0.2) is 0 Å². The molecule has 0 radical (unpaired) electrons. The van der Waals surface area contributed by atoms with E-state index in [0.29, 0.717) is 43.1 Å². The van der Waals surface area contributed by atoms with Crippen molar-refractivity contribution in [1.29, 1.82) is 0 Å². The van der Waals surface area contributed by atoms with E-state index in [4.69, 9.17) is 0 Å². The molecule has 2 amide bonds. The Kier molecular flexibility index (Phi) is 7.32. The number of hydrogen-bond donors (Lipinski definition) is 2. The Morgan fingerprint density at radius 1 is 1.14 bits per heavy atom. The third-order valence-electron chi connectivity index (χ3n) is 8.03. The number of piperidine rings is 1. The van der Waals surface area contributed by atoms with Crippen molar-refractivity contribution in [3.63, 3.8) is 0 Å². The zero-order chi connectivity index (χ0) is 25.4. The fourth-order valence-electron chi connectivity index (χ4n) is 5.57. The summed E-state index contributed by atoms with van der Waals surface area (Å²) < 4.78 is 39.6. The van der Waals surface area contributed by atoms with Gasteiger partial charge in [0.05, 0.1) is 5.41 Å². The molecule has 3 aliphatic rings. The Balaban J connectivity index is 1.38. The molecule has 0 spiro atoms. The molecule has 1 aromatic carbocycles. The van der Waals surface area contributed by atoms with Crippen LogP contribution in [0.25, 0.3) is 0 Å². The number of nitrogens with zero attached hydrogens (tertiary/aromatic N) is 1. The molecule has 1 aliphatic carbocycles. The van der Waals surface area contributed by atoms with Crippen LogP contribution in [0.4, 0.5) is 13.2 Å². The SMILES string of the molecule is C=C1CCC(N2Cc3cc(C[C@H]4CCCC[C@@H]4NCCC(C)(C)C(F)(F)F)ccc3C2=O)C(=O)N1. The van der Waals surface area contributed by atoms with E-state index in [1.165, 1.54) is 13.8 Å². The first-order valence-electron chi connectivity index (χ1n) is 12.7. The molecule has 1 aromatic rings. The quantitative estimate of drug-likeness (QED) is 0.558. The van der Waals surface area contributed by atoms with Gasteiger partial charge >= 0.3 is 6.18 Å². The lowest BCUT2D eigenvalue weighted by molar-refractivity contribution is -0.213. The first kappa shape index (κ1) is 25.7. The van der Waals surface area contributed by atoms with Crippen molar-refractivity contribution in [2.45, 2.75) is 90.0 Å². The number of amides is 2. The molecule has 5 nitrogen and oxygen atoms in total. The zero-order valence-corrected chi connectivity index (χ0v) is 20.6. The summed E-state index contributed by atoms with van der Waals surface area (Å²) in [6.07, 6.45) is 2.13. The highest BCUT2D eigenvalue weighted by atomic mass is 19.4. The topological polar surface area (TPSA) is 61.4 Å². The highest BCUT2D eigenvalue weighted by Crippen LogP contribution is 2.40. The predicted octanol–water partition coefficient (Wildman–Crippen LogP) is 5.10. The Morgan fingerprint density at radius 2 is 1.89 bits per heavy atom. The molecule has 1 unspecified atom stereocenters. The first-order chi connectivity index (χ1) is 16.5. The summed E-state index contributed by atoms with van der Waals surface area (Å²) in [5, 5.41) is 6.19. The van der Waals surface area contributed by atoms with E-state index in [9.17, 15) is 22.8 Å². The van der Waals surface area contributed by atoms with Gasteiger partial charge < -0.3 is 15.5 Å². The summed E-state index contributed by atoms with van der Waals surface area (Å²) in [4.78, 5) is 27.1. The summed E-state index contributed by atoms with van der Waals surface area (Å²) in [5.74, 6) is 0.0651. The molecule has 2 N–H and O–H groups in total. The van der Waals surface area contributed by atoms with Crippen LogP contribution in [-0.4, -0.2) is 41.5 Å². The average Bonchev–Trinajstić information content (AvgIpc) is 3.09. The number of allylic oxidation sites excluding steroid dienone is 1. The van der Waals surface area contributed by atoms with Crippen LogP contribution in [0.1, 0.15) is 80.3 Å². The molecule has 35 heavy (non-hydrogen) atoms.